The van der Waals surface area contributed by atoms with Gasteiger partial charge in [0.15, 0.2) is 0 Å². The number of benzene rings is 3. The third kappa shape index (κ3) is 3.99. The molecule has 0 saturated carbocycles. The molecule has 0 spiro atoms. The van der Waals surface area contributed by atoms with Crippen molar-refractivity contribution in [3.63, 3.8) is 0 Å². The second-order valence-corrected chi connectivity index (χ2v) is 6.50. The molecule has 0 saturated heterocycles. The lowest BCUT2D eigenvalue weighted by Gasteiger charge is -2.07. The number of rotatable bonds is 3. The summed E-state index contributed by atoms with van der Waals surface area (Å²) in [6, 6.07) is 28.0. The average molecular weight is 349 g/mol. The van der Waals surface area contributed by atoms with Crippen molar-refractivity contribution >= 4 is 10.8 Å². The molecule has 0 amide bonds. The van der Waals surface area contributed by atoms with Gasteiger partial charge in [-0.2, -0.15) is 0 Å². The van der Waals surface area contributed by atoms with Gasteiger partial charge in [-0.25, -0.2) is 0 Å². The Hall–Kier alpha value is -3.57. The molecular weight excluding hydrogens is 330 g/mol. The predicted octanol–water partition coefficient (Wildman–Crippen LogP) is 4.64. The summed E-state index contributed by atoms with van der Waals surface area (Å²) in [5.41, 5.74) is 3.19. The molecule has 2 heteroatoms. The molecule has 0 fully saturated rings. The van der Waals surface area contributed by atoms with E-state index in [4.69, 9.17) is 0 Å². The highest BCUT2D eigenvalue weighted by Gasteiger charge is 2.04. The Bertz CT molecular complexity index is 1180. The van der Waals surface area contributed by atoms with Crippen LogP contribution < -0.4 is 5.56 Å². The first-order valence-electron chi connectivity index (χ1n) is 8.99. The zero-order valence-electron chi connectivity index (χ0n) is 14.9. The molecule has 4 aromatic rings. The van der Waals surface area contributed by atoms with Gasteiger partial charge in [0.2, 0.25) is 0 Å². The summed E-state index contributed by atoms with van der Waals surface area (Å²) in [7, 11) is 0. The molecule has 0 aliphatic rings. The molecule has 3 aromatic carbocycles. The third-order valence-corrected chi connectivity index (χ3v) is 4.54. The van der Waals surface area contributed by atoms with Crippen molar-refractivity contribution in [3.05, 3.63) is 118 Å². The third-order valence-electron chi connectivity index (χ3n) is 4.54. The van der Waals surface area contributed by atoms with Crippen molar-refractivity contribution in [2.24, 2.45) is 0 Å². The lowest BCUT2D eigenvalue weighted by Crippen LogP contribution is -2.20. The van der Waals surface area contributed by atoms with E-state index in [1.807, 2.05) is 79.0 Å². The molecule has 0 radical (unpaired) electrons. The fourth-order valence-corrected chi connectivity index (χ4v) is 3.11. The molecule has 0 unspecified atom stereocenters. The van der Waals surface area contributed by atoms with Gasteiger partial charge >= 0.3 is 0 Å². The van der Waals surface area contributed by atoms with Gasteiger partial charge in [0.05, 0.1) is 6.54 Å². The standard InChI is InChI=1S/C25H19NO/c27-25-24-18-21(13-7-12-20-8-3-1-4-9-20)14-15-23(24)16-17-26(25)19-22-10-5-2-6-11-22/h1-6,8-11,14-18H,12,19H2. The van der Waals surface area contributed by atoms with Crippen molar-refractivity contribution in [1.29, 1.82) is 0 Å². The molecule has 0 aliphatic carbocycles. The van der Waals surface area contributed by atoms with Crippen LogP contribution in [0.25, 0.3) is 10.8 Å². The molecule has 2 nitrogen and oxygen atoms in total. The first-order chi connectivity index (χ1) is 13.3. The summed E-state index contributed by atoms with van der Waals surface area (Å²) in [6.45, 7) is 0.569. The van der Waals surface area contributed by atoms with Gasteiger partial charge < -0.3 is 4.57 Å². The van der Waals surface area contributed by atoms with Crippen LogP contribution in [0.3, 0.4) is 0 Å². The van der Waals surface area contributed by atoms with Gasteiger partial charge in [-0.1, -0.05) is 78.6 Å². The van der Waals surface area contributed by atoms with Gasteiger partial charge in [-0.15, -0.1) is 0 Å². The van der Waals surface area contributed by atoms with E-state index < -0.39 is 0 Å². The maximum absolute atomic E-state index is 12.9. The minimum Gasteiger partial charge on any atom is -0.311 e. The minimum atomic E-state index is 0.0167. The SMILES string of the molecule is O=c1c2cc(C#CCc3ccccc3)ccc2ccn1Cc1ccccc1. The number of hydrogen-bond acceptors (Lipinski definition) is 1. The smallest absolute Gasteiger partial charge is 0.258 e. The number of nitrogens with zero attached hydrogens (tertiary/aromatic N) is 1. The molecule has 1 heterocycles. The van der Waals surface area contributed by atoms with Gasteiger partial charge in [0, 0.05) is 23.6 Å². The summed E-state index contributed by atoms with van der Waals surface area (Å²) < 4.78 is 1.75. The average Bonchev–Trinajstić information content (AvgIpc) is 2.72. The molecule has 4 rings (SSSR count). The topological polar surface area (TPSA) is 22.0 Å². The van der Waals surface area contributed by atoms with Crippen LogP contribution >= 0.6 is 0 Å². The highest BCUT2D eigenvalue weighted by atomic mass is 16.1. The predicted molar refractivity (Wildman–Crippen MR) is 111 cm³/mol. The zero-order valence-corrected chi connectivity index (χ0v) is 14.9. The maximum atomic E-state index is 12.9. The van der Waals surface area contributed by atoms with E-state index in [0.717, 1.165) is 16.5 Å². The monoisotopic (exact) mass is 349 g/mol. The lowest BCUT2D eigenvalue weighted by atomic mass is 10.1. The number of aromatic nitrogens is 1. The van der Waals surface area contributed by atoms with Gasteiger partial charge in [0.25, 0.3) is 5.56 Å². The highest BCUT2D eigenvalue weighted by molar-refractivity contribution is 5.82. The second-order valence-electron chi connectivity index (χ2n) is 6.50. The van der Waals surface area contributed by atoms with Crippen molar-refractivity contribution in [3.8, 4) is 11.8 Å². The van der Waals surface area contributed by atoms with Crippen LogP contribution in [-0.2, 0) is 13.0 Å². The molecule has 0 bridgehead atoms. The van der Waals surface area contributed by atoms with E-state index in [-0.39, 0.29) is 5.56 Å². The van der Waals surface area contributed by atoms with E-state index in [1.54, 1.807) is 4.57 Å². The summed E-state index contributed by atoms with van der Waals surface area (Å²) in [4.78, 5) is 12.9. The van der Waals surface area contributed by atoms with Crippen molar-refractivity contribution in [2.75, 3.05) is 0 Å². The van der Waals surface area contributed by atoms with Crippen LogP contribution in [0.2, 0.25) is 0 Å². The largest absolute Gasteiger partial charge is 0.311 e. The van der Waals surface area contributed by atoms with Crippen LogP contribution in [-0.4, -0.2) is 4.57 Å². The maximum Gasteiger partial charge on any atom is 0.258 e. The van der Waals surface area contributed by atoms with Crippen LogP contribution in [0, 0.1) is 11.8 Å². The molecule has 130 valence electrons. The lowest BCUT2D eigenvalue weighted by molar-refractivity contribution is 0.768. The Morgan fingerprint density at radius 1 is 0.778 bits per heavy atom. The van der Waals surface area contributed by atoms with Crippen molar-refractivity contribution in [2.45, 2.75) is 13.0 Å². The summed E-state index contributed by atoms with van der Waals surface area (Å²) in [6.07, 6.45) is 2.56. The van der Waals surface area contributed by atoms with E-state index in [9.17, 15) is 4.79 Å². The summed E-state index contributed by atoms with van der Waals surface area (Å²) >= 11 is 0. The van der Waals surface area contributed by atoms with Crippen LogP contribution in [0.5, 0.6) is 0 Å². The van der Waals surface area contributed by atoms with E-state index in [2.05, 4.69) is 24.0 Å². The molecule has 0 aliphatic heterocycles. The van der Waals surface area contributed by atoms with E-state index >= 15 is 0 Å². The number of pyridine rings is 1. The first-order valence-corrected chi connectivity index (χ1v) is 8.99. The highest BCUT2D eigenvalue weighted by Crippen LogP contribution is 2.13. The number of hydrogen-bond donors (Lipinski definition) is 0. The molecule has 0 N–H and O–H groups in total. The summed E-state index contributed by atoms with van der Waals surface area (Å²) in [5.74, 6) is 6.38. The van der Waals surface area contributed by atoms with Crippen LogP contribution in [0.1, 0.15) is 16.7 Å². The normalized spacial score (nSPS) is 10.4. The van der Waals surface area contributed by atoms with Crippen molar-refractivity contribution < 1.29 is 0 Å². The Kier molecular flexibility index (Phi) is 4.85. The Balaban J connectivity index is 1.63. The van der Waals surface area contributed by atoms with Crippen molar-refractivity contribution in [1.82, 2.24) is 4.57 Å². The van der Waals surface area contributed by atoms with Gasteiger partial charge in [-0.05, 0) is 34.7 Å². The molecule has 1 aromatic heterocycles. The minimum absolute atomic E-state index is 0.0167. The Morgan fingerprint density at radius 3 is 2.22 bits per heavy atom. The van der Waals surface area contributed by atoms with Gasteiger partial charge in [-0.3, -0.25) is 4.79 Å². The Morgan fingerprint density at radius 2 is 1.48 bits per heavy atom. The second kappa shape index (κ2) is 7.76. The molecule has 0 atom stereocenters. The number of fused-ring (bicyclic) bond motifs is 1. The van der Waals surface area contributed by atoms with Gasteiger partial charge in [0.1, 0.15) is 0 Å². The quantitative estimate of drug-likeness (QED) is 0.494. The first kappa shape index (κ1) is 16.9. The summed E-state index contributed by atoms with van der Waals surface area (Å²) in [5, 5.41) is 1.65. The fraction of sp³-hybridized carbons (Fsp3) is 0.0800. The van der Waals surface area contributed by atoms with Crippen LogP contribution in [0.15, 0.2) is 95.9 Å². The Labute approximate surface area is 158 Å². The van der Waals surface area contributed by atoms with E-state index in [0.29, 0.717) is 18.4 Å². The van der Waals surface area contributed by atoms with E-state index in [1.165, 1.54) is 5.56 Å². The molecule has 27 heavy (non-hydrogen) atoms. The fourth-order valence-electron chi connectivity index (χ4n) is 3.11. The van der Waals surface area contributed by atoms with Crippen LogP contribution in [0.4, 0.5) is 0 Å². The zero-order chi connectivity index (χ0) is 18.5. The molecular formula is C25H19NO.